The molecule has 0 aliphatic rings. The molecule has 2 aromatic rings. The topological polar surface area (TPSA) is 70.9 Å². The molecule has 0 saturated carbocycles. The van der Waals surface area contributed by atoms with Crippen LogP contribution in [0.25, 0.3) is 5.69 Å². The first-order valence-corrected chi connectivity index (χ1v) is 4.67. The van der Waals surface area contributed by atoms with Crippen molar-refractivity contribution >= 4 is 18.2 Å². The van der Waals surface area contributed by atoms with Crippen molar-refractivity contribution < 1.29 is 14.3 Å². The van der Waals surface area contributed by atoms with E-state index in [2.05, 4.69) is 10.2 Å². The van der Waals surface area contributed by atoms with Crippen molar-refractivity contribution in [3.05, 3.63) is 40.7 Å². The Kier molecular flexibility index (Phi) is 2.53. The summed E-state index contributed by atoms with van der Waals surface area (Å²) in [7, 11) is 0. The van der Waals surface area contributed by atoms with Gasteiger partial charge in [0.15, 0.2) is 4.77 Å². The minimum Gasteiger partial charge on any atom is -0.475 e. The molecule has 82 valence electrons. The molecule has 16 heavy (non-hydrogen) atoms. The number of carboxylic acids is 1. The Hall–Kier alpha value is -2.02. The highest BCUT2D eigenvalue weighted by molar-refractivity contribution is 7.71. The molecule has 1 aromatic heterocycles. The Labute approximate surface area is 94.2 Å². The third-order valence-electron chi connectivity index (χ3n) is 1.95. The summed E-state index contributed by atoms with van der Waals surface area (Å²) >= 11 is 4.89. The lowest BCUT2D eigenvalue weighted by atomic mass is 10.3. The first-order chi connectivity index (χ1) is 7.59. The van der Waals surface area contributed by atoms with Gasteiger partial charge in [-0.1, -0.05) is 0 Å². The van der Waals surface area contributed by atoms with Crippen molar-refractivity contribution in [3.8, 4) is 5.69 Å². The molecule has 0 aliphatic heterocycles. The highest BCUT2D eigenvalue weighted by Crippen LogP contribution is 2.11. The van der Waals surface area contributed by atoms with Crippen molar-refractivity contribution in [2.24, 2.45) is 0 Å². The number of hydrogen-bond donors (Lipinski definition) is 2. The summed E-state index contributed by atoms with van der Waals surface area (Å²) in [5.74, 6) is -1.86. The van der Waals surface area contributed by atoms with E-state index in [1.165, 1.54) is 28.8 Å². The molecule has 0 atom stereocenters. The van der Waals surface area contributed by atoms with Crippen LogP contribution < -0.4 is 0 Å². The Morgan fingerprint density at radius 1 is 1.44 bits per heavy atom. The van der Waals surface area contributed by atoms with Crippen LogP contribution in [0.3, 0.4) is 0 Å². The van der Waals surface area contributed by atoms with E-state index in [0.717, 1.165) is 0 Å². The number of rotatable bonds is 2. The van der Waals surface area contributed by atoms with E-state index in [1.807, 2.05) is 0 Å². The molecule has 0 bridgehead atoms. The lowest BCUT2D eigenvalue weighted by Crippen LogP contribution is -2.08. The lowest BCUT2D eigenvalue weighted by molar-refractivity contribution is 0.0681. The zero-order valence-corrected chi connectivity index (χ0v) is 8.66. The Morgan fingerprint density at radius 2 is 2.06 bits per heavy atom. The van der Waals surface area contributed by atoms with Crippen LogP contribution in [0.4, 0.5) is 4.39 Å². The maximum atomic E-state index is 12.7. The summed E-state index contributed by atoms with van der Waals surface area (Å²) in [5.41, 5.74) is 0.442. The highest BCUT2D eigenvalue weighted by atomic mass is 32.1. The van der Waals surface area contributed by atoms with Gasteiger partial charge >= 0.3 is 5.97 Å². The first-order valence-electron chi connectivity index (χ1n) is 4.26. The van der Waals surface area contributed by atoms with Crippen LogP contribution in [0.1, 0.15) is 10.6 Å². The molecule has 0 unspecified atom stereocenters. The van der Waals surface area contributed by atoms with Crippen LogP contribution in [-0.4, -0.2) is 25.8 Å². The molecule has 2 rings (SSSR count). The maximum absolute atomic E-state index is 12.7. The molecule has 0 amide bonds. The van der Waals surface area contributed by atoms with Crippen molar-refractivity contribution in [2.45, 2.75) is 0 Å². The minimum absolute atomic E-state index is 0.143. The molecule has 1 heterocycles. The van der Waals surface area contributed by atoms with Gasteiger partial charge in [0.2, 0.25) is 5.82 Å². The summed E-state index contributed by atoms with van der Waals surface area (Å²) in [5, 5.41) is 14.8. The largest absolute Gasteiger partial charge is 0.475 e. The fraction of sp³-hybridized carbons (Fsp3) is 0. The maximum Gasteiger partial charge on any atom is 0.374 e. The first kappa shape index (κ1) is 10.5. The zero-order chi connectivity index (χ0) is 11.7. The quantitative estimate of drug-likeness (QED) is 0.783. The van der Waals surface area contributed by atoms with E-state index in [9.17, 15) is 9.18 Å². The Balaban J connectivity index is 2.63. The average Bonchev–Trinajstić information content (AvgIpc) is 2.62. The van der Waals surface area contributed by atoms with Gasteiger partial charge in [-0.25, -0.2) is 9.18 Å². The summed E-state index contributed by atoms with van der Waals surface area (Å²) in [6.07, 6.45) is 0. The third kappa shape index (κ3) is 1.72. The second-order valence-corrected chi connectivity index (χ2v) is 3.36. The number of nitrogens with one attached hydrogen (secondary N) is 1. The van der Waals surface area contributed by atoms with E-state index in [0.29, 0.717) is 5.69 Å². The molecule has 5 nitrogen and oxygen atoms in total. The van der Waals surface area contributed by atoms with E-state index >= 15 is 0 Å². The predicted molar refractivity (Wildman–Crippen MR) is 55.7 cm³/mol. The standard InChI is InChI=1S/C9H6FN3O2S/c10-5-1-3-6(4-2-5)13-7(8(14)15)11-12-9(13)16/h1-4H,(H,12,16)(H,14,15). The molecule has 7 heteroatoms. The van der Waals surface area contributed by atoms with Crippen molar-refractivity contribution in [2.75, 3.05) is 0 Å². The summed E-state index contributed by atoms with van der Waals surface area (Å²) in [4.78, 5) is 10.9. The summed E-state index contributed by atoms with van der Waals surface area (Å²) < 4.78 is 14.1. The van der Waals surface area contributed by atoms with Crippen LogP contribution in [0, 0.1) is 10.6 Å². The van der Waals surface area contributed by atoms with Crippen molar-refractivity contribution in [3.63, 3.8) is 0 Å². The lowest BCUT2D eigenvalue weighted by Gasteiger charge is -2.03. The molecular formula is C9H6FN3O2S. The van der Waals surface area contributed by atoms with Gasteiger partial charge in [-0.15, -0.1) is 5.10 Å². The molecule has 0 aliphatic carbocycles. The Morgan fingerprint density at radius 3 is 2.62 bits per heavy atom. The van der Waals surface area contributed by atoms with Crippen LogP contribution in [-0.2, 0) is 0 Å². The molecule has 1 aromatic carbocycles. The number of carbonyl (C=O) groups is 1. The smallest absolute Gasteiger partial charge is 0.374 e. The van der Waals surface area contributed by atoms with Crippen LogP contribution in [0.2, 0.25) is 0 Å². The third-order valence-corrected chi connectivity index (χ3v) is 2.22. The van der Waals surface area contributed by atoms with Gasteiger partial charge in [0.1, 0.15) is 5.82 Å². The number of aromatic carboxylic acids is 1. The molecule has 0 spiro atoms. The van der Waals surface area contributed by atoms with Crippen molar-refractivity contribution in [1.29, 1.82) is 0 Å². The van der Waals surface area contributed by atoms with Gasteiger partial charge < -0.3 is 5.11 Å². The van der Waals surface area contributed by atoms with E-state index < -0.39 is 11.8 Å². The van der Waals surface area contributed by atoms with Crippen molar-refractivity contribution in [1.82, 2.24) is 14.8 Å². The molecular weight excluding hydrogens is 233 g/mol. The number of hydrogen-bond acceptors (Lipinski definition) is 3. The zero-order valence-electron chi connectivity index (χ0n) is 7.85. The second kappa shape index (κ2) is 3.86. The predicted octanol–water partition coefficient (Wildman–Crippen LogP) is 1.77. The number of nitrogens with zero attached hydrogens (tertiary/aromatic N) is 2. The number of aromatic amines is 1. The Bertz CT molecular complexity index is 588. The molecule has 0 fully saturated rings. The number of carboxylic acid groups (broad SMARTS) is 1. The number of benzene rings is 1. The van der Waals surface area contributed by atoms with Gasteiger partial charge in [-0.05, 0) is 36.5 Å². The fourth-order valence-electron chi connectivity index (χ4n) is 1.27. The van der Waals surface area contributed by atoms with E-state index in [4.69, 9.17) is 17.3 Å². The second-order valence-electron chi connectivity index (χ2n) is 2.97. The number of H-pyrrole nitrogens is 1. The fourth-order valence-corrected chi connectivity index (χ4v) is 1.51. The number of halogens is 1. The highest BCUT2D eigenvalue weighted by Gasteiger charge is 2.14. The minimum atomic E-state index is -1.21. The molecule has 0 saturated heterocycles. The molecule has 0 radical (unpaired) electrons. The van der Waals surface area contributed by atoms with Gasteiger partial charge in [-0.2, -0.15) is 0 Å². The average molecular weight is 239 g/mol. The van der Waals surface area contributed by atoms with Gasteiger partial charge in [0.25, 0.3) is 0 Å². The van der Waals surface area contributed by atoms with E-state index in [1.54, 1.807) is 0 Å². The monoisotopic (exact) mass is 239 g/mol. The van der Waals surface area contributed by atoms with Crippen LogP contribution in [0.5, 0.6) is 0 Å². The summed E-state index contributed by atoms with van der Waals surface area (Å²) in [6, 6.07) is 5.28. The SMILES string of the molecule is O=C(O)c1n[nH]c(=S)n1-c1ccc(F)cc1. The molecule has 2 N–H and O–H groups in total. The van der Waals surface area contributed by atoms with Gasteiger partial charge in [0, 0.05) is 0 Å². The number of aromatic nitrogens is 3. The summed E-state index contributed by atoms with van der Waals surface area (Å²) in [6.45, 7) is 0. The van der Waals surface area contributed by atoms with Crippen LogP contribution in [0.15, 0.2) is 24.3 Å². The van der Waals surface area contributed by atoms with Gasteiger partial charge in [-0.3, -0.25) is 9.67 Å². The van der Waals surface area contributed by atoms with E-state index in [-0.39, 0.29) is 10.6 Å². The van der Waals surface area contributed by atoms with Crippen LogP contribution >= 0.6 is 12.2 Å². The van der Waals surface area contributed by atoms with Gasteiger partial charge in [0.05, 0.1) is 5.69 Å². The normalized spacial score (nSPS) is 10.3.